The number of aldehydes is 1. The Morgan fingerprint density at radius 3 is 2.53 bits per heavy atom. The summed E-state index contributed by atoms with van der Waals surface area (Å²) in [6, 6.07) is 2.60. The third-order valence-electron chi connectivity index (χ3n) is 4.37. The molecule has 3 atom stereocenters. The smallest absolute Gasteiger partial charge is 0.151 e. The fourth-order valence-corrected chi connectivity index (χ4v) is 3.47. The van der Waals surface area contributed by atoms with Crippen LogP contribution in [0.2, 0.25) is 0 Å². The summed E-state index contributed by atoms with van der Waals surface area (Å²) in [6.45, 7) is 8.88. The molecule has 3 unspecified atom stereocenters. The Balaban J connectivity index is 2.33. The second-order valence-corrected chi connectivity index (χ2v) is 5.78. The van der Waals surface area contributed by atoms with Crippen molar-refractivity contribution in [1.29, 1.82) is 0 Å². The molecule has 0 amide bonds. The molecule has 0 bridgehead atoms. The van der Waals surface area contributed by atoms with Crippen molar-refractivity contribution in [3.05, 3.63) is 23.0 Å². The number of aromatic nitrogens is 1. The lowest BCUT2D eigenvalue weighted by Gasteiger charge is -2.35. The largest absolute Gasteiger partial charge is 0.345 e. The molecule has 1 aromatic rings. The maximum absolute atomic E-state index is 11.0. The van der Waals surface area contributed by atoms with E-state index in [-0.39, 0.29) is 0 Å². The summed E-state index contributed by atoms with van der Waals surface area (Å²) in [5.74, 6) is 1.56. The van der Waals surface area contributed by atoms with Crippen molar-refractivity contribution in [1.82, 2.24) is 4.57 Å². The predicted molar refractivity (Wildman–Crippen MR) is 70.5 cm³/mol. The van der Waals surface area contributed by atoms with E-state index in [0.717, 1.165) is 23.5 Å². The summed E-state index contributed by atoms with van der Waals surface area (Å²) in [6.07, 6.45) is 4.84. The van der Waals surface area contributed by atoms with Gasteiger partial charge in [-0.25, -0.2) is 0 Å². The van der Waals surface area contributed by atoms with Crippen molar-refractivity contribution in [2.45, 2.75) is 53.0 Å². The van der Waals surface area contributed by atoms with Crippen molar-refractivity contribution in [2.75, 3.05) is 0 Å². The molecule has 1 aliphatic rings. The molecule has 1 saturated carbocycles. The molecular formula is C15H23NO. The molecule has 2 rings (SSSR count). The molecule has 0 radical (unpaired) electrons. The fourth-order valence-electron chi connectivity index (χ4n) is 3.47. The third-order valence-corrected chi connectivity index (χ3v) is 4.37. The van der Waals surface area contributed by atoms with Gasteiger partial charge >= 0.3 is 0 Å². The van der Waals surface area contributed by atoms with Gasteiger partial charge in [-0.3, -0.25) is 4.79 Å². The average Bonchev–Trinajstić information content (AvgIpc) is 2.55. The molecular weight excluding hydrogens is 210 g/mol. The summed E-state index contributed by atoms with van der Waals surface area (Å²) in [5, 5.41) is 0. The van der Waals surface area contributed by atoms with Crippen molar-refractivity contribution < 1.29 is 4.79 Å². The predicted octanol–water partition coefficient (Wildman–Crippen LogP) is 3.91. The first-order valence-corrected chi connectivity index (χ1v) is 6.68. The van der Waals surface area contributed by atoms with Gasteiger partial charge in [-0.1, -0.05) is 13.8 Å². The Hall–Kier alpha value is -1.05. The van der Waals surface area contributed by atoms with Gasteiger partial charge in [0.1, 0.15) is 0 Å². The van der Waals surface area contributed by atoms with Gasteiger partial charge in [-0.05, 0) is 51.0 Å². The van der Waals surface area contributed by atoms with Gasteiger partial charge < -0.3 is 4.57 Å². The first-order chi connectivity index (χ1) is 8.04. The molecule has 1 aromatic heterocycles. The number of carbonyl (C=O) groups is 1. The molecule has 2 nitrogen and oxygen atoms in total. The van der Waals surface area contributed by atoms with E-state index in [2.05, 4.69) is 32.3 Å². The number of rotatable bonds is 2. The molecule has 2 heteroatoms. The van der Waals surface area contributed by atoms with Crippen LogP contribution in [0.3, 0.4) is 0 Å². The van der Waals surface area contributed by atoms with E-state index in [1.807, 2.05) is 6.07 Å². The van der Waals surface area contributed by atoms with Crippen LogP contribution in [-0.4, -0.2) is 10.9 Å². The standard InChI is InChI=1S/C15H23NO/c1-10-5-6-15(11(2)7-10)16-12(3)8-14(9-17)13(16)4/h8-11,15H,5-7H2,1-4H3. The number of nitrogens with zero attached hydrogens (tertiary/aromatic N) is 1. The Bertz CT molecular complexity index is 419. The van der Waals surface area contributed by atoms with Crippen molar-refractivity contribution in [3.8, 4) is 0 Å². The summed E-state index contributed by atoms with van der Waals surface area (Å²) in [7, 11) is 0. The van der Waals surface area contributed by atoms with Crippen molar-refractivity contribution in [3.63, 3.8) is 0 Å². The maximum Gasteiger partial charge on any atom is 0.151 e. The van der Waals surface area contributed by atoms with Gasteiger partial charge in [0.05, 0.1) is 0 Å². The van der Waals surface area contributed by atoms with E-state index in [9.17, 15) is 4.79 Å². The molecule has 0 aromatic carbocycles. The molecule has 1 heterocycles. The van der Waals surface area contributed by atoms with Crippen LogP contribution in [0.5, 0.6) is 0 Å². The highest BCUT2D eigenvalue weighted by Crippen LogP contribution is 2.38. The molecule has 1 fully saturated rings. The monoisotopic (exact) mass is 233 g/mol. The van der Waals surface area contributed by atoms with Crippen molar-refractivity contribution in [2.24, 2.45) is 11.8 Å². The normalized spacial score (nSPS) is 29.3. The quantitative estimate of drug-likeness (QED) is 0.710. The van der Waals surface area contributed by atoms with Crippen LogP contribution in [0, 0.1) is 25.7 Å². The fraction of sp³-hybridized carbons (Fsp3) is 0.667. The first-order valence-electron chi connectivity index (χ1n) is 6.68. The zero-order valence-electron chi connectivity index (χ0n) is 11.4. The van der Waals surface area contributed by atoms with Crippen LogP contribution in [0.15, 0.2) is 6.07 Å². The SMILES string of the molecule is Cc1cc(C=O)c(C)n1C1CCC(C)CC1C. The van der Waals surface area contributed by atoms with Crippen LogP contribution in [-0.2, 0) is 0 Å². The Labute approximate surface area is 104 Å². The van der Waals surface area contributed by atoms with E-state index in [1.165, 1.54) is 25.0 Å². The lowest BCUT2D eigenvalue weighted by molar-refractivity contribution is 0.112. The van der Waals surface area contributed by atoms with Crippen LogP contribution in [0.4, 0.5) is 0 Å². The summed E-state index contributed by atoms with van der Waals surface area (Å²) < 4.78 is 2.39. The highest BCUT2D eigenvalue weighted by atomic mass is 16.1. The van der Waals surface area contributed by atoms with Gasteiger partial charge in [0.15, 0.2) is 6.29 Å². The summed E-state index contributed by atoms with van der Waals surface area (Å²) in [5.41, 5.74) is 3.23. The number of carbonyl (C=O) groups excluding carboxylic acids is 1. The third kappa shape index (κ3) is 2.18. The Morgan fingerprint density at radius 1 is 1.29 bits per heavy atom. The van der Waals surface area contributed by atoms with Gasteiger partial charge in [0.25, 0.3) is 0 Å². The van der Waals surface area contributed by atoms with Gasteiger partial charge in [-0.15, -0.1) is 0 Å². The van der Waals surface area contributed by atoms with Crippen LogP contribution >= 0.6 is 0 Å². The first kappa shape index (κ1) is 12.4. The average molecular weight is 233 g/mol. The number of hydrogen-bond donors (Lipinski definition) is 0. The van der Waals surface area contributed by atoms with Crippen molar-refractivity contribution >= 4 is 6.29 Å². The van der Waals surface area contributed by atoms with E-state index in [1.54, 1.807) is 0 Å². The molecule has 0 saturated heterocycles. The topological polar surface area (TPSA) is 22.0 Å². The minimum absolute atomic E-state index is 0.583. The van der Waals surface area contributed by atoms with Crippen LogP contribution in [0.25, 0.3) is 0 Å². The molecule has 0 aliphatic heterocycles. The van der Waals surface area contributed by atoms with Crippen LogP contribution in [0.1, 0.15) is 60.9 Å². The van der Waals surface area contributed by atoms with E-state index in [4.69, 9.17) is 0 Å². The summed E-state index contributed by atoms with van der Waals surface area (Å²) in [4.78, 5) is 11.0. The van der Waals surface area contributed by atoms with E-state index < -0.39 is 0 Å². The highest BCUT2D eigenvalue weighted by Gasteiger charge is 2.28. The zero-order chi connectivity index (χ0) is 12.6. The van der Waals surface area contributed by atoms with Gasteiger partial charge in [0.2, 0.25) is 0 Å². The summed E-state index contributed by atoms with van der Waals surface area (Å²) >= 11 is 0. The minimum atomic E-state index is 0.583. The second-order valence-electron chi connectivity index (χ2n) is 5.78. The number of aryl methyl sites for hydroxylation is 1. The molecule has 0 spiro atoms. The zero-order valence-corrected chi connectivity index (χ0v) is 11.4. The van der Waals surface area contributed by atoms with Gasteiger partial charge in [-0.2, -0.15) is 0 Å². The molecule has 94 valence electrons. The van der Waals surface area contributed by atoms with E-state index in [0.29, 0.717) is 12.0 Å². The number of hydrogen-bond acceptors (Lipinski definition) is 1. The van der Waals surface area contributed by atoms with Gasteiger partial charge in [0, 0.05) is 23.0 Å². The van der Waals surface area contributed by atoms with E-state index >= 15 is 0 Å². The lowest BCUT2D eigenvalue weighted by atomic mass is 9.79. The van der Waals surface area contributed by atoms with Crippen LogP contribution < -0.4 is 0 Å². The highest BCUT2D eigenvalue weighted by molar-refractivity contribution is 5.77. The Kier molecular flexibility index (Phi) is 3.41. The Morgan fingerprint density at radius 2 is 2.00 bits per heavy atom. The molecule has 17 heavy (non-hydrogen) atoms. The maximum atomic E-state index is 11.0. The molecule has 1 aliphatic carbocycles. The molecule has 0 N–H and O–H groups in total. The lowest BCUT2D eigenvalue weighted by Crippen LogP contribution is -2.26. The second kappa shape index (κ2) is 4.67. The minimum Gasteiger partial charge on any atom is -0.345 e.